The van der Waals surface area contributed by atoms with E-state index in [1.165, 1.54) is 0 Å². The Kier molecular flexibility index (Phi) is 5.90. The smallest absolute Gasteiger partial charge is 0.164 e. The number of aryl methyl sites for hydroxylation is 1. The van der Waals surface area contributed by atoms with Crippen LogP contribution in [0.3, 0.4) is 0 Å². The normalized spacial score (nSPS) is 11.2. The van der Waals surface area contributed by atoms with Crippen molar-refractivity contribution in [1.82, 2.24) is 19.9 Å². The van der Waals surface area contributed by atoms with Crippen LogP contribution in [0.15, 0.2) is 104 Å². The van der Waals surface area contributed by atoms with Gasteiger partial charge in [-0.05, 0) is 18.6 Å². The van der Waals surface area contributed by atoms with Crippen LogP contribution in [0.4, 0.5) is 0 Å². The summed E-state index contributed by atoms with van der Waals surface area (Å²) in [7, 11) is 0. The van der Waals surface area contributed by atoms with E-state index in [-0.39, 0.29) is 0 Å². The number of rotatable bonds is 6. The Morgan fingerprint density at radius 1 is 0.710 bits per heavy atom. The van der Waals surface area contributed by atoms with Crippen LogP contribution in [0.5, 0.6) is 0 Å². The van der Waals surface area contributed by atoms with E-state index in [9.17, 15) is 0 Å². The van der Waals surface area contributed by atoms with Gasteiger partial charge in [0.1, 0.15) is 0 Å². The number of hydrogen-bond acceptors (Lipinski definition) is 4. The molecule has 0 spiro atoms. The first-order chi connectivity index (χ1) is 15.2. The lowest BCUT2D eigenvalue weighted by atomic mass is 10.0. The molecule has 2 heterocycles. The van der Waals surface area contributed by atoms with Crippen molar-refractivity contribution >= 4 is 5.57 Å². The second kappa shape index (κ2) is 9.09. The second-order valence-corrected chi connectivity index (χ2v) is 7.00. The molecule has 0 bridgehead atoms. The zero-order valence-corrected chi connectivity index (χ0v) is 17.4. The summed E-state index contributed by atoms with van der Waals surface area (Å²) >= 11 is 0. The molecular weight excluding hydrogens is 380 g/mol. The molecule has 31 heavy (non-hydrogen) atoms. The summed E-state index contributed by atoms with van der Waals surface area (Å²) in [6, 6.07) is 22.1. The Morgan fingerprint density at radius 3 is 1.90 bits per heavy atom. The van der Waals surface area contributed by atoms with Crippen molar-refractivity contribution in [3.05, 3.63) is 116 Å². The topological polar surface area (TPSA) is 51.6 Å². The maximum absolute atomic E-state index is 4.74. The molecule has 4 aromatic rings. The van der Waals surface area contributed by atoms with E-state index in [1.54, 1.807) is 12.2 Å². The van der Waals surface area contributed by atoms with Gasteiger partial charge in [0.05, 0.1) is 0 Å². The maximum Gasteiger partial charge on any atom is 0.164 e. The third-order valence-corrected chi connectivity index (χ3v) is 4.83. The average molecular weight is 403 g/mol. The molecule has 0 fully saturated rings. The molecule has 0 unspecified atom stereocenters. The van der Waals surface area contributed by atoms with Crippen LogP contribution >= 0.6 is 0 Å². The van der Waals surface area contributed by atoms with Crippen LogP contribution in [-0.2, 0) is 0 Å². The molecular formula is C27H22N4. The number of hydrogen-bond donors (Lipinski definition) is 0. The summed E-state index contributed by atoms with van der Waals surface area (Å²) in [5, 5.41) is 0. The van der Waals surface area contributed by atoms with Gasteiger partial charge in [-0.2, -0.15) is 0 Å². The molecule has 150 valence electrons. The molecule has 4 heteroatoms. The first-order valence-electron chi connectivity index (χ1n) is 9.98. The molecule has 0 aliphatic rings. The number of aromatic nitrogens is 4. The SMILES string of the molecule is C=C/C=C(\C=C)c1nc(-c2ccccc2)nc(-c2ccc(-c3ccc(C)nc3)cc2)n1. The van der Waals surface area contributed by atoms with Crippen molar-refractivity contribution < 1.29 is 0 Å². The Morgan fingerprint density at radius 2 is 1.32 bits per heavy atom. The molecule has 0 aliphatic heterocycles. The largest absolute Gasteiger partial charge is 0.261 e. The standard InChI is InChI=1S/C27H22N4/c1-4-9-20(5-2)25-29-26(22-10-7-6-8-11-22)31-27(30-25)23-16-14-21(15-17-23)24-13-12-19(3)28-18-24/h4-18H,1-2H2,3H3/b20-9+. The number of allylic oxidation sites excluding steroid dienone is 4. The molecule has 0 atom stereocenters. The molecule has 0 N–H and O–H groups in total. The van der Waals surface area contributed by atoms with Gasteiger partial charge in [0, 0.05) is 34.2 Å². The lowest BCUT2D eigenvalue weighted by Crippen LogP contribution is -2.02. The average Bonchev–Trinajstić information content (AvgIpc) is 2.83. The summed E-state index contributed by atoms with van der Waals surface area (Å²) in [6.07, 6.45) is 7.15. The van der Waals surface area contributed by atoms with Crippen LogP contribution in [0.2, 0.25) is 0 Å². The quantitative estimate of drug-likeness (QED) is 0.354. The van der Waals surface area contributed by atoms with Crippen molar-refractivity contribution in [3.8, 4) is 33.9 Å². The molecule has 2 aromatic heterocycles. The third-order valence-electron chi connectivity index (χ3n) is 4.83. The van der Waals surface area contributed by atoms with E-state index in [4.69, 9.17) is 9.97 Å². The first kappa shape index (κ1) is 20.1. The van der Waals surface area contributed by atoms with Crippen molar-refractivity contribution in [1.29, 1.82) is 0 Å². The van der Waals surface area contributed by atoms with Gasteiger partial charge in [-0.1, -0.05) is 92.0 Å². The van der Waals surface area contributed by atoms with Crippen LogP contribution in [0, 0.1) is 6.92 Å². The van der Waals surface area contributed by atoms with Crippen molar-refractivity contribution in [2.75, 3.05) is 0 Å². The van der Waals surface area contributed by atoms with Crippen LogP contribution < -0.4 is 0 Å². The second-order valence-electron chi connectivity index (χ2n) is 7.00. The van der Waals surface area contributed by atoms with E-state index in [0.717, 1.165) is 33.5 Å². The minimum absolute atomic E-state index is 0.561. The van der Waals surface area contributed by atoms with Gasteiger partial charge in [-0.15, -0.1) is 0 Å². The van der Waals surface area contributed by atoms with Gasteiger partial charge in [0.15, 0.2) is 17.5 Å². The fraction of sp³-hybridized carbons (Fsp3) is 0.0370. The Bertz CT molecular complexity index is 1240. The van der Waals surface area contributed by atoms with Crippen molar-refractivity contribution in [3.63, 3.8) is 0 Å². The first-order valence-corrected chi connectivity index (χ1v) is 9.98. The van der Waals surface area contributed by atoms with Gasteiger partial charge in [-0.3, -0.25) is 4.98 Å². The van der Waals surface area contributed by atoms with Crippen LogP contribution in [0.1, 0.15) is 11.5 Å². The predicted molar refractivity (Wildman–Crippen MR) is 127 cm³/mol. The fourth-order valence-corrected chi connectivity index (χ4v) is 3.16. The fourth-order valence-electron chi connectivity index (χ4n) is 3.16. The van der Waals surface area contributed by atoms with Gasteiger partial charge in [0.2, 0.25) is 0 Å². The van der Waals surface area contributed by atoms with Gasteiger partial charge >= 0.3 is 0 Å². The summed E-state index contributed by atoms with van der Waals surface area (Å²) in [4.78, 5) is 18.5. The van der Waals surface area contributed by atoms with E-state index in [1.807, 2.05) is 67.7 Å². The highest BCUT2D eigenvalue weighted by molar-refractivity contribution is 5.74. The number of nitrogens with zero attached hydrogens (tertiary/aromatic N) is 4. The zero-order valence-electron chi connectivity index (χ0n) is 17.4. The van der Waals surface area contributed by atoms with Crippen LogP contribution in [-0.4, -0.2) is 19.9 Å². The minimum Gasteiger partial charge on any atom is -0.261 e. The number of pyridine rings is 1. The Hall–Kier alpha value is -4.18. The molecule has 0 aliphatic carbocycles. The maximum atomic E-state index is 4.74. The van der Waals surface area contributed by atoms with Gasteiger partial charge in [-0.25, -0.2) is 15.0 Å². The molecule has 0 saturated carbocycles. The lowest BCUT2D eigenvalue weighted by molar-refractivity contribution is 1.04. The van der Waals surface area contributed by atoms with E-state index >= 15 is 0 Å². The molecule has 0 saturated heterocycles. The predicted octanol–water partition coefficient (Wildman–Crippen LogP) is 6.33. The van der Waals surface area contributed by atoms with E-state index in [0.29, 0.717) is 17.5 Å². The lowest BCUT2D eigenvalue weighted by Gasteiger charge is -2.09. The molecule has 4 nitrogen and oxygen atoms in total. The van der Waals surface area contributed by atoms with Gasteiger partial charge < -0.3 is 0 Å². The highest BCUT2D eigenvalue weighted by Gasteiger charge is 2.12. The summed E-state index contributed by atoms with van der Waals surface area (Å²) in [5.74, 6) is 1.78. The minimum atomic E-state index is 0.561. The Balaban J connectivity index is 1.79. The molecule has 0 amide bonds. The molecule has 2 aromatic carbocycles. The van der Waals surface area contributed by atoms with Crippen molar-refractivity contribution in [2.24, 2.45) is 0 Å². The summed E-state index contributed by atoms with van der Waals surface area (Å²) < 4.78 is 0. The van der Waals surface area contributed by atoms with E-state index < -0.39 is 0 Å². The van der Waals surface area contributed by atoms with Crippen molar-refractivity contribution in [2.45, 2.75) is 6.92 Å². The summed E-state index contributed by atoms with van der Waals surface area (Å²) in [6.45, 7) is 9.65. The Labute approximate surface area is 182 Å². The van der Waals surface area contributed by atoms with Crippen LogP contribution in [0.25, 0.3) is 39.5 Å². The highest BCUT2D eigenvalue weighted by atomic mass is 15.0. The monoisotopic (exact) mass is 402 g/mol. The highest BCUT2D eigenvalue weighted by Crippen LogP contribution is 2.26. The molecule has 0 radical (unpaired) electrons. The number of benzene rings is 2. The third kappa shape index (κ3) is 4.54. The van der Waals surface area contributed by atoms with E-state index in [2.05, 4.69) is 41.3 Å². The van der Waals surface area contributed by atoms with Gasteiger partial charge in [0.25, 0.3) is 0 Å². The zero-order chi connectivity index (χ0) is 21.6. The molecule has 4 rings (SSSR count). The summed E-state index contributed by atoms with van der Waals surface area (Å²) in [5.41, 5.74) is 5.78.